The van der Waals surface area contributed by atoms with E-state index < -0.39 is 9.83 Å². The second-order valence-corrected chi connectivity index (χ2v) is 6.89. The van der Waals surface area contributed by atoms with Crippen LogP contribution in [-0.2, 0) is 9.83 Å². The van der Waals surface area contributed by atoms with Gasteiger partial charge in [0.2, 0.25) is 0 Å². The highest BCUT2D eigenvalue weighted by molar-refractivity contribution is 8.69. The van der Waals surface area contributed by atoms with E-state index in [0.717, 1.165) is 23.3 Å². The quantitative estimate of drug-likeness (QED) is 0.545. The molecule has 1 aliphatic carbocycles. The first-order chi connectivity index (χ1) is 5.36. The van der Waals surface area contributed by atoms with E-state index in [0.29, 0.717) is 0 Å². The molecule has 11 heavy (non-hydrogen) atoms. The van der Waals surface area contributed by atoms with Gasteiger partial charge >= 0.3 is 0 Å². The molecule has 1 saturated heterocycles. The lowest BCUT2D eigenvalue weighted by atomic mass is 9.81. The van der Waals surface area contributed by atoms with Gasteiger partial charge in [-0.2, -0.15) is 0 Å². The van der Waals surface area contributed by atoms with E-state index in [9.17, 15) is 4.21 Å². The van der Waals surface area contributed by atoms with Gasteiger partial charge in [0.15, 0.2) is 0 Å². The third-order valence-corrected chi connectivity index (χ3v) is 5.96. The fourth-order valence-corrected chi connectivity index (χ4v) is 5.55. The van der Waals surface area contributed by atoms with Crippen molar-refractivity contribution in [2.45, 2.75) is 25.7 Å². The summed E-state index contributed by atoms with van der Waals surface area (Å²) in [5.74, 6) is 3.87. The molecule has 1 nitrogen and oxygen atoms in total. The molecule has 2 aliphatic rings. The number of hydrogen-bond acceptors (Lipinski definition) is 2. The normalized spacial score (nSPS) is 44.9. The van der Waals surface area contributed by atoms with Crippen LogP contribution >= 0.6 is 10.8 Å². The fraction of sp³-hybridized carbons (Fsp3) is 1.00. The largest absolute Gasteiger partial charge is 0.248 e. The van der Waals surface area contributed by atoms with Crippen molar-refractivity contribution in [3.8, 4) is 0 Å². The Labute approximate surface area is 74.2 Å². The van der Waals surface area contributed by atoms with E-state index in [1.54, 1.807) is 10.8 Å². The van der Waals surface area contributed by atoms with Gasteiger partial charge in [0.25, 0.3) is 0 Å². The predicted molar refractivity (Wildman–Crippen MR) is 50.9 cm³/mol. The average Bonchev–Trinajstić information content (AvgIpc) is 2.04. The van der Waals surface area contributed by atoms with Crippen LogP contribution in [0.4, 0.5) is 0 Å². The lowest BCUT2D eigenvalue weighted by Gasteiger charge is -2.34. The third-order valence-electron chi connectivity index (χ3n) is 2.83. The Morgan fingerprint density at radius 3 is 2.73 bits per heavy atom. The van der Waals surface area contributed by atoms with Gasteiger partial charge in [-0.05, 0) is 24.7 Å². The molecule has 64 valence electrons. The van der Waals surface area contributed by atoms with Crippen LogP contribution in [0.3, 0.4) is 0 Å². The van der Waals surface area contributed by atoms with Crippen molar-refractivity contribution in [3.05, 3.63) is 0 Å². The second kappa shape index (κ2) is 3.48. The molecule has 0 aromatic carbocycles. The van der Waals surface area contributed by atoms with Crippen LogP contribution in [-0.4, -0.2) is 15.7 Å². The van der Waals surface area contributed by atoms with Crippen molar-refractivity contribution < 1.29 is 4.21 Å². The summed E-state index contributed by atoms with van der Waals surface area (Å²) in [6.07, 6.45) is 5.53. The van der Waals surface area contributed by atoms with Gasteiger partial charge in [-0.1, -0.05) is 23.6 Å². The van der Waals surface area contributed by atoms with Crippen molar-refractivity contribution >= 4 is 20.6 Å². The first kappa shape index (κ1) is 8.11. The molecular weight excluding hydrogens is 176 g/mol. The van der Waals surface area contributed by atoms with E-state index >= 15 is 0 Å². The molecule has 0 aromatic rings. The standard InChI is InChI=1S/C8H14OS2/c9-11-6-8-4-2-1-3-7(8)5-10-11/h7-8H,1-6H2. The minimum absolute atomic E-state index is 0.542. The summed E-state index contributed by atoms with van der Waals surface area (Å²) in [6, 6.07) is 0. The minimum atomic E-state index is -0.542. The van der Waals surface area contributed by atoms with Gasteiger partial charge in [0, 0.05) is 11.5 Å². The molecule has 0 aromatic heterocycles. The van der Waals surface area contributed by atoms with Crippen LogP contribution in [0.1, 0.15) is 25.7 Å². The van der Waals surface area contributed by atoms with E-state index in [-0.39, 0.29) is 0 Å². The Balaban J connectivity index is 1.98. The van der Waals surface area contributed by atoms with Gasteiger partial charge in [-0.15, -0.1) is 0 Å². The molecule has 0 spiro atoms. The highest BCUT2D eigenvalue weighted by atomic mass is 33.1. The zero-order valence-corrected chi connectivity index (χ0v) is 8.26. The molecule has 1 aliphatic heterocycles. The van der Waals surface area contributed by atoms with Crippen LogP contribution in [0.15, 0.2) is 0 Å². The van der Waals surface area contributed by atoms with E-state index in [4.69, 9.17) is 0 Å². The summed E-state index contributed by atoms with van der Waals surface area (Å²) < 4.78 is 11.2. The summed E-state index contributed by atoms with van der Waals surface area (Å²) in [6.45, 7) is 0. The smallest absolute Gasteiger partial charge is 0.0806 e. The van der Waals surface area contributed by atoms with Crippen molar-refractivity contribution in [1.82, 2.24) is 0 Å². The molecule has 1 heterocycles. The maximum Gasteiger partial charge on any atom is 0.0806 e. The molecule has 1 saturated carbocycles. The van der Waals surface area contributed by atoms with Crippen LogP contribution < -0.4 is 0 Å². The first-order valence-corrected chi connectivity index (χ1v) is 7.20. The molecule has 3 heteroatoms. The predicted octanol–water partition coefficient (Wildman–Crippen LogP) is 2.20. The Bertz CT molecular complexity index is 169. The Morgan fingerprint density at radius 2 is 1.91 bits per heavy atom. The van der Waals surface area contributed by atoms with Gasteiger partial charge in [0.1, 0.15) is 0 Å². The summed E-state index contributed by atoms with van der Waals surface area (Å²) in [5.41, 5.74) is 0. The zero-order valence-electron chi connectivity index (χ0n) is 6.62. The fourth-order valence-electron chi connectivity index (χ4n) is 2.11. The molecule has 0 N–H and O–H groups in total. The lowest BCUT2D eigenvalue weighted by molar-refractivity contribution is 0.284. The minimum Gasteiger partial charge on any atom is -0.248 e. The summed E-state index contributed by atoms with van der Waals surface area (Å²) in [7, 11) is 1.13. The molecule has 2 fully saturated rings. The lowest BCUT2D eigenvalue weighted by Crippen LogP contribution is -2.29. The summed E-state index contributed by atoms with van der Waals surface area (Å²) in [5, 5.41) is 0. The highest BCUT2D eigenvalue weighted by Gasteiger charge is 2.30. The van der Waals surface area contributed by atoms with Crippen molar-refractivity contribution in [2.75, 3.05) is 11.5 Å². The molecular formula is C8H14OS2. The Hall–Kier alpha value is 0.500. The molecule has 0 bridgehead atoms. The average molecular weight is 190 g/mol. The molecule has 0 amide bonds. The highest BCUT2D eigenvalue weighted by Crippen LogP contribution is 2.38. The Morgan fingerprint density at radius 1 is 1.18 bits per heavy atom. The summed E-state index contributed by atoms with van der Waals surface area (Å²) >= 11 is 0. The van der Waals surface area contributed by atoms with Crippen molar-refractivity contribution in [2.24, 2.45) is 11.8 Å². The van der Waals surface area contributed by atoms with Gasteiger partial charge in [0.05, 0.1) is 9.83 Å². The topological polar surface area (TPSA) is 17.1 Å². The second-order valence-electron chi connectivity index (χ2n) is 3.56. The maximum absolute atomic E-state index is 11.2. The van der Waals surface area contributed by atoms with E-state index in [1.165, 1.54) is 25.7 Å². The number of hydrogen-bond donors (Lipinski definition) is 0. The zero-order chi connectivity index (χ0) is 7.68. The number of rotatable bonds is 0. The molecule has 3 atom stereocenters. The monoisotopic (exact) mass is 190 g/mol. The SMILES string of the molecule is O=S1CC2CCCCC2CS1. The molecule has 0 radical (unpaired) electrons. The maximum atomic E-state index is 11.2. The van der Waals surface area contributed by atoms with Crippen molar-refractivity contribution in [3.63, 3.8) is 0 Å². The summed E-state index contributed by atoms with van der Waals surface area (Å²) in [4.78, 5) is 0. The molecule has 3 unspecified atom stereocenters. The van der Waals surface area contributed by atoms with Crippen LogP contribution in [0.5, 0.6) is 0 Å². The van der Waals surface area contributed by atoms with E-state index in [1.807, 2.05) is 0 Å². The number of fused-ring (bicyclic) bond motifs is 1. The van der Waals surface area contributed by atoms with E-state index in [2.05, 4.69) is 0 Å². The Kier molecular flexibility index (Phi) is 2.57. The van der Waals surface area contributed by atoms with Gasteiger partial charge < -0.3 is 0 Å². The third kappa shape index (κ3) is 1.81. The van der Waals surface area contributed by atoms with Crippen LogP contribution in [0.2, 0.25) is 0 Å². The van der Waals surface area contributed by atoms with Crippen LogP contribution in [0.25, 0.3) is 0 Å². The van der Waals surface area contributed by atoms with Gasteiger partial charge in [-0.3, -0.25) is 0 Å². The molecule has 2 rings (SSSR count). The first-order valence-electron chi connectivity index (χ1n) is 4.38. The van der Waals surface area contributed by atoms with Crippen molar-refractivity contribution in [1.29, 1.82) is 0 Å². The van der Waals surface area contributed by atoms with Crippen LogP contribution in [0, 0.1) is 11.8 Å². The van der Waals surface area contributed by atoms with Gasteiger partial charge in [-0.25, -0.2) is 4.21 Å².